The molecule has 0 aromatic heterocycles. The van der Waals surface area contributed by atoms with E-state index < -0.39 is 0 Å². The van der Waals surface area contributed by atoms with Gasteiger partial charge in [-0.3, -0.25) is 0 Å². The highest BCUT2D eigenvalue weighted by Gasteiger charge is 1.69. The van der Waals surface area contributed by atoms with Crippen LogP contribution in [0.1, 0.15) is 20.8 Å². The van der Waals surface area contributed by atoms with Crippen LogP contribution in [0.15, 0.2) is 23.8 Å². The van der Waals surface area contributed by atoms with Gasteiger partial charge in [-0.05, 0) is 27.8 Å². The summed E-state index contributed by atoms with van der Waals surface area (Å²) in [6.07, 6.45) is 6.20. The molecule has 0 aliphatic heterocycles. The average Bonchev–Trinajstić information content (AvgIpc) is 1.93. The summed E-state index contributed by atoms with van der Waals surface area (Å²) in [4.78, 5) is 0. The second-order valence-electron chi connectivity index (χ2n) is 1.53. The molecular weight excluding hydrogens is 110 g/mol. The molecule has 1 nitrogen and oxygen atoms in total. The van der Waals surface area contributed by atoms with Crippen molar-refractivity contribution in [1.82, 2.24) is 0 Å². The summed E-state index contributed by atoms with van der Waals surface area (Å²) < 4.78 is 0. The maximum Gasteiger partial charge on any atom is -0.0195 e. The van der Waals surface area contributed by atoms with Crippen molar-refractivity contribution < 1.29 is 0 Å². The molecule has 0 atom stereocenters. The number of nitrogens with two attached hydrogens (primary N) is 1. The Morgan fingerprint density at radius 2 is 1.67 bits per heavy atom. The summed E-state index contributed by atoms with van der Waals surface area (Å²) in [6.45, 7) is 6.14. The molecule has 0 aromatic carbocycles. The van der Waals surface area contributed by atoms with Crippen LogP contribution in [0, 0.1) is 0 Å². The van der Waals surface area contributed by atoms with E-state index in [1.54, 1.807) is 0 Å². The van der Waals surface area contributed by atoms with Crippen molar-refractivity contribution in [2.75, 3.05) is 7.05 Å². The zero-order valence-corrected chi connectivity index (χ0v) is 6.81. The number of hydrogen-bond acceptors (Lipinski definition) is 1. The fourth-order valence-corrected chi connectivity index (χ4v) is 0.359. The summed E-state index contributed by atoms with van der Waals surface area (Å²) in [5.74, 6) is 0. The summed E-state index contributed by atoms with van der Waals surface area (Å²) in [6, 6.07) is 0. The lowest BCUT2D eigenvalue weighted by Gasteiger charge is -1.81. The van der Waals surface area contributed by atoms with Crippen molar-refractivity contribution in [3.63, 3.8) is 0 Å². The zero-order valence-electron chi connectivity index (χ0n) is 6.81. The largest absolute Gasteiger partial charge is 0.333 e. The first-order chi connectivity index (χ1) is 4.31. The van der Waals surface area contributed by atoms with E-state index in [1.807, 2.05) is 19.9 Å². The normalized spacial score (nSPS) is 11.0. The topological polar surface area (TPSA) is 26.0 Å². The van der Waals surface area contributed by atoms with Crippen molar-refractivity contribution >= 4 is 0 Å². The summed E-state index contributed by atoms with van der Waals surface area (Å²) in [5, 5.41) is 0. The van der Waals surface area contributed by atoms with E-state index in [-0.39, 0.29) is 0 Å². The van der Waals surface area contributed by atoms with Crippen LogP contribution in [0.4, 0.5) is 0 Å². The molecule has 0 aliphatic carbocycles. The Balaban J connectivity index is 0. The van der Waals surface area contributed by atoms with Crippen LogP contribution in [0.5, 0.6) is 0 Å². The Labute approximate surface area is 58.3 Å². The molecular formula is C8H17N. The Hall–Kier alpha value is -0.560. The first-order valence-corrected chi connectivity index (χ1v) is 3.14. The van der Waals surface area contributed by atoms with E-state index in [0.717, 1.165) is 0 Å². The van der Waals surface area contributed by atoms with Crippen LogP contribution < -0.4 is 5.73 Å². The van der Waals surface area contributed by atoms with Gasteiger partial charge in [-0.25, -0.2) is 0 Å². The van der Waals surface area contributed by atoms with Gasteiger partial charge in [0.25, 0.3) is 0 Å². The first-order valence-electron chi connectivity index (χ1n) is 3.14. The van der Waals surface area contributed by atoms with Gasteiger partial charge in [0.2, 0.25) is 0 Å². The Kier molecular flexibility index (Phi) is 13.1. The molecule has 0 aliphatic rings. The van der Waals surface area contributed by atoms with Gasteiger partial charge >= 0.3 is 0 Å². The molecule has 0 amide bonds. The molecule has 0 saturated heterocycles. The molecule has 9 heavy (non-hydrogen) atoms. The van der Waals surface area contributed by atoms with Gasteiger partial charge in [-0.15, -0.1) is 0 Å². The Bertz CT molecular complexity index is 90.7. The molecule has 0 rings (SSSR count). The van der Waals surface area contributed by atoms with Crippen molar-refractivity contribution in [2.24, 2.45) is 5.73 Å². The molecule has 0 saturated carbocycles. The average molecular weight is 127 g/mol. The van der Waals surface area contributed by atoms with Gasteiger partial charge in [0.1, 0.15) is 0 Å². The summed E-state index contributed by atoms with van der Waals surface area (Å²) in [5.41, 5.74) is 5.82. The predicted molar refractivity (Wildman–Crippen MR) is 44.4 cm³/mol. The van der Waals surface area contributed by atoms with E-state index in [0.29, 0.717) is 0 Å². The molecule has 0 unspecified atom stereocenters. The zero-order chi connectivity index (χ0) is 7.70. The lowest BCUT2D eigenvalue weighted by atomic mass is 10.3. The minimum Gasteiger partial charge on any atom is -0.333 e. The molecule has 0 aromatic rings. The quantitative estimate of drug-likeness (QED) is 0.536. The molecule has 0 fully saturated rings. The van der Waals surface area contributed by atoms with Gasteiger partial charge in [-0.1, -0.05) is 23.8 Å². The highest BCUT2D eigenvalue weighted by molar-refractivity contribution is 5.13. The minimum absolute atomic E-state index is 1.32. The van der Waals surface area contributed by atoms with Gasteiger partial charge in [-0.2, -0.15) is 0 Å². The standard InChI is InChI=1S/C7H12.CH5N/c1-4-6-7(3)5-2;1-2/h4-6H,1-3H3;2H2,1H3/b6-4-,7-5-;. The molecule has 0 bridgehead atoms. The molecule has 0 heterocycles. The van der Waals surface area contributed by atoms with Crippen LogP contribution in [0.3, 0.4) is 0 Å². The lowest BCUT2D eigenvalue weighted by Crippen LogP contribution is -1.69. The van der Waals surface area contributed by atoms with Crippen LogP contribution in [-0.4, -0.2) is 7.05 Å². The molecule has 1 heteroatoms. The third kappa shape index (κ3) is 11.2. The lowest BCUT2D eigenvalue weighted by molar-refractivity contribution is 1.46. The smallest absolute Gasteiger partial charge is 0.0195 e. The predicted octanol–water partition coefficient (Wildman–Crippen LogP) is 2.10. The highest BCUT2D eigenvalue weighted by atomic mass is 14.4. The maximum atomic E-state index is 4.50. The van der Waals surface area contributed by atoms with Crippen LogP contribution in [0.2, 0.25) is 0 Å². The fraction of sp³-hybridized carbons (Fsp3) is 0.500. The van der Waals surface area contributed by atoms with Crippen molar-refractivity contribution in [3.8, 4) is 0 Å². The third-order valence-corrected chi connectivity index (χ3v) is 0.885. The Morgan fingerprint density at radius 3 is 1.78 bits per heavy atom. The monoisotopic (exact) mass is 127 g/mol. The minimum atomic E-state index is 1.32. The van der Waals surface area contributed by atoms with Gasteiger partial charge in [0.15, 0.2) is 0 Å². The van der Waals surface area contributed by atoms with Gasteiger partial charge < -0.3 is 5.73 Å². The van der Waals surface area contributed by atoms with E-state index in [2.05, 4.69) is 24.8 Å². The van der Waals surface area contributed by atoms with E-state index >= 15 is 0 Å². The number of allylic oxidation sites excluding steroid dienone is 4. The second-order valence-corrected chi connectivity index (χ2v) is 1.53. The summed E-state index contributed by atoms with van der Waals surface area (Å²) >= 11 is 0. The van der Waals surface area contributed by atoms with Crippen LogP contribution >= 0.6 is 0 Å². The fourth-order valence-electron chi connectivity index (χ4n) is 0.359. The van der Waals surface area contributed by atoms with Gasteiger partial charge in [0, 0.05) is 0 Å². The van der Waals surface area contributed by atoms with E-state index in [9.17, 15) is 0 Å². The van der Waals surface area contributed by atoms with Crippen molar-refractivity contribution in [2.45, 2.75) is 20.8 Å². The molecule has 0 radical (unpaired) electrons. The SMILES string of the molecule is C/C=C\C(C)=C/C.CN. The number of rotatable bonds is 1. The number of hydrogen-bond donors (Lipinski definition) is 1. The van der Waals surface area contributed by atoms with E-state index in [1.165, 1.54) is 12.6 Å². The summed E-state index contributed by atoms with van der Waals surface area (Å²) in [7, 11) is 1.50. The van der Waals surface area contributed by atoms with E-state index in [4.69, 9.17) is 0 Å². The molecule has 2 N–H and O–H groups in total. The highest BCUT2D eigenvalue weighted by Crippen LogP contribution is 1.91. The second kappa shape index (κ2) is 10.4. The first kappa shape index (κ1) is 11.3. The molecule has 54 valence electrons. The Morgan fingerprint density at radius 1 is 1.22 bits per heavy atom. The van der Waals surface area contributed by atoms with Crippen LogP contribution in [0.25, 0.3) is 0 Å². The maximum absolute atomic E-state index is 4.50. The third-order valence-electron chi connectivity index (χ3n) is 0.885. The van der Waals surface area contributed by atoms with Crippen LogP contribution in [-0.2, 0) is 0 Å². The van der Waals surface area contributed by atoms with Crippen molar-refractivity contribution in [3.05, 3.63) is 23.8 Å². The van der Waals surface area contributed by atoms with Gasteiger partial charge in [0.05, 0.1) is 0 Å². The molecule has 0 spiro atoms. The van der Waals surface area contributed by atoms with Crippen molar-refractivity contribution in [1.29, 1.82) is 0 Å².